The molecule has 1 atom stereocenters. The molecule has 1 saturated carbocycles. The molecule has 20 heavy (non-hydrogen) atoms. The summed E-state index contributed by atoms with van der Waals surface area (Å²) in [7, 11) is 2.15. The summed E-state index contributed by atoms with van der Waals surface area (Å²) in [6.07, 6.45) is 7.25. The van der Waals surface area contributed by atoms with Crippen LogP contribution in [0.3, 0.4) is 0 Å². The number of anilines is 1. The molecule has 1 aliphatic carbocycles. The van der Waals surface area contributed by atoms with E-state index in [0.717, 1.165) is 30.7 Å². The Hall–Kier alpha value is -1.53. The molecule has 1 heterocycles. The van der Waals surface area contributed by atoms with Gasteiger partial charge in [0.15, 0.2) is 0 Å². The zero-order valence-electron chi connectivity index (χ0n) is 12.1. The van der Waals surface area contributed by atoms with Gasteiger partial charge < -0.3 is 9.64 Å². The highest BCUT2D eigenvalue weighted by atomic mass is 16.5. The topological polar surface area (TPSA) is 36.3 Å². The summed E-state index contributed by atoms with van der Waals surface area (Å²) >= 11 is 0. The lowest BCUT2D eigenvalue weighted by Gasteiger charge is -2.42. The monoisotopic (exact) mass is 270 g/mol. The molecule has 3 rings (SSSR count). The molecule has 3 heteroatoms. The molecule has 106 valence electrons. The lowest BCUT2D eigenvalue weighted by molar-refractivity contribution is -0.0795. The highest BCUT2D eigenvalue weighted by molar-refractivity contribution is 5.51. The van der Waals surface area contributed by atoms with E-state index in [2.05, 4.69) is 24.1 Å². The quantitative estimate of drug-likeness (QED) is 0.825. The van der Waals surface area contributed by atoms with E-state index < -0.39 is 0 Å². The number of benzene rings is 1. The number of hydrogen-bond donors (Lipinski definition) is 0. The van der Waals surface area contributed by atoms with Gasteiger partial charge in [-0.15, -0.1) is 0 Å². The summed E-state index contributed by atoms with van der Waals surface area (Å²) in [4.78, 5) is 2.34. The SMILES string of the molecule is CN(c1cccc(C#N)c1)C1CCOC2(CCCC2)C1. The fraction of sp³-hybridized carbons (Fsp3) is 0.588. The number of nitrogens with zero attached hydrogens (tertiary/aromatic N) is 2. The molecule has 1 aromatic rings. The third-order valence-electron chi connectivity index (χ3n) is 4.91. The van der Waals surface area contributed by atoms with Gasteiger partial charge in [-0.25, -0.2) is 0 Å². The summed E-state index contributed by atoms with van der Waals surface area (Å²) in [5, 5.41) is 9.03. The molecule has 0 bridgehead atoms. The molecule has 0 N–H and O–H groups in total. The van der Waals surface area contributed by atoms with Crippen molar-refractivity contribution in [3.8, 4) is 6.07 Å². The van der Waals surface area contributed by atoms with Crippen LogP contribution < -0.4 is 4.90 Å². The number of rotatable bonds is 2. The van der Waals surface area contributed by atoms with E-state index in [1.165, 1.54) is 25.7 Å². The van der Waals surface area contributed by atoms with Gasteiger partial charge in [0.05, 0.1) is 17.2 Å². The average Bonchev–Trinajstić information content (AvgIpc) is 2.94. The fourth-order valence-corrected chi connectivity index (χ4v) is 3.71. The molecule has 1 unspecified atom stereocenters. The summed E-state index contributed by atoms with van der Waals surface area (Å²) in [6, 6.07) is 10.7. The summed E-state index contributed by atoms with van der Waals surface area (Å²) in [5.74, 6) is 0. The van der Waals surface area contributed by atoms with E-state index in [1.807, 2.05) is 18.2 Å². The van der Waals surface area contributed by atoms with Crippen LogP contribution in [0.5, 0.6) is 0 Å². The lowest BCUT2D eigenvalue weighted by Crippen LogP contribution is -2.46. The molecule has 2 fully saturated rings. The molecule has 1 aromatic carbocycles. The minimum absolute atomic E-state index is 0.143. The van der Waals surface area contributed by atoms with Crippen LogP contribution >= 0.6 is 0 Å². The maximum absolute atomic E-state index is 9.03. The zero-order valence-corrected chi connectivity index (χ0v) is 12.1. The number of nitriles is 1. The maximum Gasteiger partial charge on any atom is 0.0992 e. The maximum atomic E-state index is 9.03. The van der Waals surface area contributed by atoms with Crippen LogP contribution in [0.4, 0.5) is 5.69 Å². The summed E-state index contributed by atoms with van der Waals surface area (Å²) < 4.78 is 6.11. The van der Waals surface area contributed by atoms with Crippen molar-refractivity contribution in [2.45, 2.75) is 50.2 Å². The van der Waals surface area contributed by atoms with Crippen molar-refractivity contribution < 1.29 is 4.74 Å². The molecule has 1 saturated heterocycles. The lowest BCUT2D eigenvalue weighted by atomic mass is 9.88. The van der Waals surface area contributed by atoms with Gasteiger partial charge in [-0.1, -0.05) is 18.9 Å². The second kappa shape index (κ2) is 5.46. The van der Waals surface area contributed by atoms with Crippen molar-refractivity contribution in [3.05, 3.63) is 29.8 Å². The first-order chi connectivity index (χ1) is 9.72. The summed E-state index contributed by atoms with van der Waals surface area (Å²) in [6.45, 7) is 0.868. The second-order valence-corrected chi connectivity index (χ2v) is 6.16. The first-order valence-corrected chi connectivity index (χ1v) is 7.59. The Labute approximate surface area is 121 Å². The van der Waals surface area contributed by atoms with Gasteiger partial charge in [0.2, 0.25) is 0 Å². The van der Waals surface area contributed by atoms with Gasteiger partial charge in [0, 0.05) is 25.4 Å². The standard InChI is InChI=1S/C17H22N2O/c1-19(15-6-4-5-14(11-15)13-18)16-7-10-20-17(12-16)8-2-3-9-17/h4-6,11,16H,2-3,7-10,12H2,1H3. The largest absolute Gasteiger partial charge is 0.375 e. The van der Waals surface area contributed by atoms with Gasteiger partial charge in [0.25, 0.3) is 0 Å². The first kappa shape index (κ1) is 13.5. The predicted octanol–water partition coefficient (Wildman–Crippen LogP) is 3.49. The third-order valence-corrected chi connectivity index (χ3v) is 4.91. The van der Waals surface area contributed by atoms with E-state index in [-0.39, 0.29) is 5.60 Å². The molecule has 3 nitrogen and oxygen atoms in total. The molecule has 1 aliphatic heterocycles. The number of hydrogen-bond acceptors (Lipinski definition) is 3. The Balaban J connectivity index is 1.76. The number of ether oxygens (including phenoxy) is 1. The van der Waals surface area contributed by atoms with Gasteiger partial charge in [-0.2, -0.15) is 5.26 Å². The van der Waals surface area contributed by atoms with E-state index in [0.29, 0.717) is 6.04 Å². The summed E-state index contributed by atoms with van der Waals surface area (Å²) in [5.41, 5.74) is 2.02. The Bertz CT molecular complexity index is 514. The molecule has 0 amide bonds. The van der Waals surface area contributed by atoms with E-state index in [4.69, 9.17) is 10.00 Å². The smallest absolute Gasteiger partial charge is 0.0992 e. The van der Waals surface area contributed by atoms with Crippen molar-refractivity contribution in [3.63, 3.8) is 0 Å². The molecular formula is C17H22N2O. The molecule has 1 spiro atoms. The van der Waals surface area contributed by atoms with Gasteiger partial charge in [-0.05, 0) is 43.9 Å². The van der Waals surface area contributed by atoms with Crippen molar-refractivity contribution in [1.82, 2.24) is 0 Å². The Morgan fingerprint density at radius 1 is 1.35 bits per heavy atom. The van der Waals surface area contributed by atoms with Crippen LogP contribution in [-0.4, -0.2) is 25.3 Å². The van der Waals surface area contributed by atoms with Crippen molar-refractivity contribution in [1.29, 1.82) is 5.26 Å². The zero-order chi connectivity index (χ0) is 14.0. The van der Waals surface area contributed by atoms with E-state index in [9.17, 15) is 0 Å². The molecule has 0 radical (unpaired) electrons. The highest BCUT2D eigenvalue weighted by Gasteiger charge is 2.40. The van der Waals surface area contributed by atoms with Crippen LogP contribution in [0.25, 0.3) is 0 Å². The third kappa shape index (κ3) is 2.53. The van der Waals surface area contributed by atoms with Gasteiger partial charge in [-0.3, -0.25) is 0 Å². The normalized spacial score (nSPS) is 24.5. The predicted molar refractivity (Wildman–Crippen MR) is 79.7 cm³/mol. The van der Waals surface area contributed by atoms with Crippen LogP contribution in [0.15, 0.2) is 24.3 Å². The van der Waals surface area contributed by atoms with E-state index in [1.54, 1.807) is 0 Å². The van der Waals surface area contributed by atoms with Crippen molar-refractivity contribution in [2.75, 3.05) is 18.6 Å². The van der Waals surface area contributed by atoms with Crippen LogP contribution in [0, 0.1) is 11.3 Å². The molecule has 2 aliphatic rings. The average molecular weight is 270 g/mol. The van der Waals surface area contributed by atoms with Crippen LogP contribution in [0.2, 0.25) is 0 Å². The van der Waals surface area contributed by atoms with Crippen molar-refractivity contribution in [2.24, 2.45) is 0 Å². The highest BCUT2D eigenvalue weighted by Crippen LogP contribution is 2.41. The second-order valence-electron chi connectivity index (χ2n) is 6.16. The Kier molecular flexibility index (Phi) is 3.67. The van der Waals surface area contributed by atoms with Gasteiger partial charge >= 0.3 is 0 Å². The molecule has 0 aromatic heterocycles. The minimum atomic E-state index is 0.143. The van der Waals surface area contributed by atoms with Crippen LogP contribution in [-0.2, 0) is 4.74 Å². The first-order valence-electron chi connectivity index (χ1n) is 7.59. The molecular weight excluding hydrogens is 248 g/mol. The van der Waals surface area contributed by atoms with Crippen molar-refractivity contribution >= 4 is 5.69 Å². The van der Waals surface area contributed by atoms with Crippen LogP contribution in [0.1, 0.15) is 44.1 Å². The Morgan fingerprint density at radius 2 is 2.15 bits per heavy atom. The van der Waals surface area contributed by atoms with E-state index >= 15 is 0 Å². The van der Waals surface area contributed by atoms with Gasteiger partial charge in [0.1, 0.15) is 0 Å². The Morgan fingerprint density at radius 3 is 2.90 bits per heavy atom. The minimum Gasteiger partial charge on any atom is -0.375 e. The fourth-order valence-electron chi connectivity index (χ4n) is 3.71.